The predicted octanol–water partition coefficient (Wildman–Crippen LogP) is 1.84. The van der Waals surface area contributed by atoms with Crippen molar-refractivity contribution in [1.29, 1.82) is 0 Å². The lowest BCUT2D eigenvalue weighted by molar-refractivity contribution is -0.141. The zero-order chi connectivity index (χ0) is 13.1. The van der Waals surface area contributed by atoms with Crippen LogP contribution in [-0.4, -0.2) is 46.5 Å². The molecule has 1 N–H and O–H groups in total. The Morgan fingerprint density at radius 3 is 2.61 bits per heavy atom. The monoisotopic (exact) mass is 271 g/mol. The third-order valence-electron chi connectivity index (χ3n) is 4.15. The van der Waals surface area contributed by atoms with Crippen LogP contribution in [0.2, 0.25) is 0 Å². The lowest BCUT2D eigenvalue weighted by atomic mass is 10.0. The first kappa shape index (κ1) is 13.7. The van der Waals surface area contributed by atoms with Crippen LogP contribution in [0, 0.1) is 11.8 Å². The highest BCUT2D eigenvalue weighted by molar-refractivity contribution is 7.98. The molecule has 1 aliphatic carbocycles. The van der Waals surface area contributed by atoms with Crippen LogP contribution in [-0.2, 0) is 9.59 Å². The SMILES string of the molecule is CSCC1CCCN1C(=O)[C@@H]1CC[C@H](C(=O)O)C1. The van der Waals surface area contributed by atoms with E-state index < -0.39 is 5.97 Å². The lowest BCUT2D eigenvalue weighted by Crippen LogP contribution is -2.40. The first-order valence-electron chi connectivity index (χ1n) is 6.65. The second kappa shape index (κ2) is 5.95. The van der Waals surface area contributed by atoms with Gasteiger partial charge in [0.05, 0.1) is 5.92 Å². The third-order valence-corrected chi connectivity index (χ3v) is 4.87. The van der Waals surface area contributed by atoms with Crippen LogP contribution >= 0.6 is 11.8 Å². The molecule has 4 nitrogen and oxygen atoms in total. The highest BCUT2D eigenvalue weighted by Crippen LogP contribution is 2.34. The van der Waals surface area contributed by atoms with Crippen molar-refractivity contribution in [3.63, 3.8) is 0 Å². The van der Waals surface area contributed by atoms with E-state index in [4.69, 9.17) is 5.11 Å². The largest absolute Gasteiger partial charge is 0.481 e. The van der Waals surface area contributed by atoms with Gasteiger partial charge in [-0.1, -0.05) is 0 Å². The molecule has 0 aromatic carbocycles. The van der Waals surface area contributed by atoms with Crippen molar-refractivity contribution in [2.75, 3.05) is 18.6 Å². The van der Waals surface area contributed by atoms with E-state index in [9.17, 15) is 9.59 Å². The average molecular weight is 271 g/mol. The van der Waals surface area contributed by atoms with E-state index >= 15 is 0 Å². The molecule has 2 aliphatic rings. The van der Waals surface area contributed by atoms with Crippen molar-refractivity contribution in [2.24, 2.45) is 11.8 Å². The number of carboxylic acids is 1. The summed E-state index contributed by atoms with van der Waals surface area (Å²) < 4.78 is 0. The zero-order valence-corrected chi connectivity index (χ0v) is 11.6. The minimum absolute atomic E-state index is 0.0476. The maximum absolute atomic E-state index is 12.4. The molecule has 0 aromatic heterocycles. The van der Waals surface area contributed by atoms with Gasteiger partial charge in [-0.3, -0.25) is 9.59 Å². The van der Waals surface area contributed by atoms with Gasteiger partial charge in [-0.25, -0.2) is 0 Å². The molecule has 1 unspecified atom stereocenters. The number of hydrogen-bond acceptors (Lipinski definition) is 3. The number of carbonyl (C=O) groups excluding carboxylic acids is 1. The standard InChI is InChI=1S/C13H21NO3S/c1-18-8-11-3-2-6-14(11)12(15)9-4-5-10(7-9)13(16)17/h9-11H,2-8H2,1H3,(H,16,17)/t9-,10+,11?/m1/s1. The second-order valence-corrected chi connectivity index (χ2v) is 6.24. The van der Waals surface area contributed by atoms with E-state index in [-0.39, 0.29) is 17.7 Å². The molecule has 1 saturated heterocycles. The van der Waals surface area contributed by atoms with Gasteiger partial charge in [0.25, 0.3) is 0 Å². The number of likely N-dealkylation sites (tertiary alicyclic amines) is 1. The Labute approximate surface area is 112 Å². The zero-order valence-electron chi connectivity index (χ0n) is 10.8. The highest BCUT2D eigenvalue weighted by Gasteiger charge is 2.38. The van der Waals surface area contributed by atoms with Crippen LogP contribution in [0.15, 0.2) is 0 Å². The number of amides is 1. The molecule has 18 heavy (non-hydrogen) atoms. The maximum Gasteiger partial charge on any atom is 0.306 e. The van der Waals surface area contributed by atoms with Crippen molar-refractivity contribution in [3.05, 3.63) is 0 Å². The maximum atomic E-state index is 12.4. The lowest BCUT2D eigenvalue weighted by Gasteiger charge is -2.27. The van der Waals surface area contributed by atoms with Crippen LogP contribution < -0.4 is 0 Å². The highest BCUT2D eigenvalue weighted by atomic mass is 32.2. The molecule has 0 radical (unpaired) electrons. The molecular formula is C13H21NO3S. The molecule has 2 fully saturated rings. The predicted molar refractivity (Wildman–Crippen MR) is 71.6 cm³/mol. The Balaban J connectivity index is 1.93. The van der Waals surface area contributed by atoms with E-state index in [1.165, 1.54) is 0 Å². The topological polar surface area (TPSA) is 57.6 Å². The average Bonchev–Trinajstić information content (AvgIpc) is 2.97. The third kappa shape index (κ3) is 2.82. The number of aliphatic carboxylic acids is 1. The van der Waals surface area contributed by atoms with E-state index in [1.807, 2.05) is 4.90 Å². The fourth-order valence-electron chi connectivity index (χ4n) is 3.16. The Bertz CT molecular complexity index is 334. The summed E-state index contributed by atoms with van der Waals surface area (Å²) in [5, 5.41) is 8.99. The molecule has 0 bridgehead atoms. The van der Waals surface area contributed by atoms with Gasteiger partial charge in [-0.05, 0) is 38.4 Å². The van der Waals surface area contributed by atoms with Gasteiger partial charge in [-0.2, -0.15) is 11.8 Å². The fourth-order valence-corrected chi connectivity index (χ4v) is 3.89. The molecular weight excluding hydrogens is 250 g/mol. The van der Waals surface area contributed by atoms with Gasteiger partial charge in [0.15, 0.2) is 0 Å². The molecule has 0 aromatic rings. The van der Waals surface area contributed by atoms with Gasteiger partial charge in [0, 0.05) is 24.3 Å². The van der Waals surface area contributed by atoms with Crippen LogP contribution in [0.4, 0.5) is 0 Å². The molecule has 1 aliphatic heterocycles. The van der Waals surface area contributed by atoms with E-state index in [2.05, 4.69) is 6.26 Å². The summed E-state index contributed by atoms with van der Waals surface area (Å²) in [6, 6.07) is 0.372. The number of carbonyl (C=O) groups is 2. The minimum atomic E-state index is -0.743. The second-order valence-electron chi connectivity index (χ2n) is 5.33. The van der Waals surface area contributed by atoms with Gasteiger partial charge in [-0.15, -0.1) is 0 Å². The summed E-state index contributed by atoms with van der Waals surface area (Å²) >= 11 is 1.78. The number of rotatable bonds is 4. The van der Waals surface area contributed by atoms with Crippen molar-refractivity contribution in [1.82, 2.24) is 4.90 Å². The fraction of sp³-hybridized carbons (Fsp3) is 0.846. The minimum Gasteiger partial charge on any atom is -0.481 e. The summed E-state index contributed by atoms with van der Waals surface area (Å²) in [5.41, 5.74) is 0. The van der Waals surface area contributed by atoms with Crippen LogP contribution in [0.3, 0.4) is 0 Å². The van der Waals surface area contributed by atoms with Gasteiger partial charge < -0.3 is 10.0 Å². The van der Waals surface area contributed by atoms with Gasteiger partial charge in [0.2, 0.25) is 5.91 Å². The Morgan fingerprint density at radius 1 is 1.28 bits per heavy atom. The van der Waals surface area contributed by atoms with Crippen molar-refractivity contribution in [3.8, 4) is 0 Å². The van der Waals surface area contributed by atoms with E-state index in [0.717, 1.165) is 31.6 Å². The molecule has 3 atom stereocenters. The van der Waals surface area contributed by atoms with Gasteiger partial charge >= 0.3 is 5.97 Å². The first-order chi connectivity index (χ1) is 8.63. The number of nitrogens with zero attached hydrogens (tertiary/aromatic N) is 1. The first-order valence-corrected chi connectivity index (χ1v) is 8.05. The van der Waals surface area contributed by atoms with Crippen molar-refractivity contribution >= 4 is 23.6 Å². The molecule has 1 saturated carbocycles. The van der Waals surface area contributed by atoms with Crippen molar-refractivity contribution < 1.29 is 14.7 Å². The Kier molecular flexibility index (Phi) is 4.54. The molecule has 102 valence electrons. The molecule has 0 spiro atoms. The smallest absolute Gasteiger partial charge is 0.306 e. The molecule has 2 rings (SSSR count). The summed E-state index contributed by atoms with van der Waals surface area (Å²) in [6.45, 7) is 0.859. The normalized spacial score (nSPS) is 31.8. The summed E-state index contributed by atoms with van der Waals surface area (Å²) in [7, 11) is 0. The summed E-state index contributed by atoms with van der Waals surface area (Å²) in [6.07, 6.45) is 6.20. The van der Waals surface area contributed by atoms with Gasteiger partial charge in [0.1, 0.15) is 0 Å². The quantitative estimate of drug-likeness (QED) is 0.847. The summed E-state index contributed by atoms with van der Waals surface area (Å²) in [4.78, 5) is 25.4. The Hall–Kier alpha value is -0.710. The van der Waals surface area contributed by atoms with Crippen LogP contribution in [0.1, 0.15) is 32.1 Å². The molecule has 5 heteroatoms. The molecule has 1 heterocycles. The summed E-state index contributed by atoms with van der Waals surface area (Å²) in [5.74, 6) is 0.109. The molecule has 1 amide bonds. The number of hydrogen-bond donors (Lipinski definition) is 1. The van der Waals surface area contributed by atoms with E-state index in [0.29, 0.717) is 18.9 Å². The van der Waals surface area contributed by atoms with Crippen LogP contribution in [0.5, 0.6) is 0 Å². The van der Waals surface area contributed by atoms with Crippen molar-refractivity contribution in [2.45, 2.75) is 38.1 Å². The van der Waals surface area contributed by atoms with E-state index in [1.54, 1.807) is 11.8 Å². The number of thioether (sulfide) groups is 1. The Morgan fingerprint density at radius 2 is 2.00 bits per heavy atom. The number of carboxylic acid groups (broad SMARTS) is 1. The van der Waals surface area contributed by atoms with Crippen LogP contribution in [0.25, 0.3) is 0 Å².